The SMILES string of the molecule is CC(=O)N1CCN(C(=O)C(C2CCCC2)N2CCN(C(=O)c3ccc(Cl)c(Cl)c3)CC2)CC1. The number of hydrogen-bond donors (Lipinski definition) is 0. The van der Waals surface area contributed by atoms with Crippen molar-refractivity contribution in [3.63, 3.8) is 0 Å². The van der Waals surface area contributed by atoms with E-state index < -0.39 is 0 Å². The third-order valence-corrected chi connectivity index (χ3v) is 8.04. The summed E-state index contributed by atoms with van der Waals surface area (Å²) in [5.41, 5.74) is 0.532. The maximum absolute atomic E-state index is 13.6. The van der Waals surface area contributed by atoms with E-state index in [1.165, 1.54) is 12.8 Å². The second kappa shape index (κ2) is 10.6. The largest absolute Gasteiger partial charge is 0.339 e. The third-order valence-electron chi connectivity index (χ3n) is 7.30. The Kier molecular flexibility index (Phi) is 7.82. The molecule has 1 aromatic carbocycles. The molecular formula is C24H32Cl2N4O3. The minimum atomic E-state index is -0.140. The summed E-state index contributed by atoms with van der Waals surface area (Å²) in [5.74, 6) is 0.560. The number of hydrogen-bond acceptors (Lipinski definition) is 4. The molecule has 3 aliphatic rings. The molecule has 180 valence electrons. The first kappa shape index (κ1) is 24.3. The smallest absolute Gasteiger partial charge is 0.253 e. The van der Waals surface area contributed by atoms with Crippen molar-refractivity contribution in [3.05, 3.63) is 33.8 Å². The Morgan fingerprint density at radius 2 is 1.39 bits per heavy atom. The number of piperazine rings is 2. The fraction of sp³-hybridized carbons (Fsp3) is 0.625. The number of carbonyl (C=O) groups excluding carboxylic acids is 3. The Labute approximate surface area is 205 Å². The molecule has 0 N–H and O–H groups in total. The maximum atomic E-state index is 13.6. The summed E-state index contributed by atoms with van der Waals surface area (Å²) < 4.78 is 0. The molecule has 1 atom stereocenters. The molecule has 0 bridgehead atoms. The molecule has 0 radical (unpaired) electrons. The van der Waals surface area contributed by atoms with E-state index in [-0.39, 0.29) is 23.8 Å². The standard InChI is InChI=1S/C24H32Cl2N4O3/c1-17(31)27-8-12-30(13-9-27)24(33)22(18-4-2-3-5-18)28-10-14-29(15-11-28)23(32)19-6-7-20(25)21(26)16-19/h6-7,16,18,22H,2-5,8-15H2,1H3. The van der Waals surface area contributed by atoms with Crippen molar-refractivity contribution in [1.82, 2.24) is 19.6 Å². The molecule has 2 heterocycles. The topological polar surface area (TPSA) is 64.2 Å². The van der Waals surface area contributed by atoms with Crippen LogP contribution in [0.3, 0.4) is 0 Å². The number of nitrogens with zero attached hydrogens (tertiary/aromatic N) is 4. The van der Waals surface area contributed by atoms with Gasteiger partial charge in [-0.1, -0.05) is 36.0 Å². The predicted octanol–water partition coefficient (Wildman–Crippen LogP) is 3.00. The first-order valence-corrected chi connectivity index (χ1v) is 12.6. The highest BCUT2D eigenvalue weighted by atomic mass is 35.5. The van der Waals surface area contributed by atoms with Crippen LogP contribution in [0.2, 0.25) is 10.0 Å². The Bertz CT molecular complexity index is 890. The molecule has 1 unspecified atom stereocenters. The summed E-state index contributed by atoms with van der Waals surface area (Å²) in [6.07, 6.45) is 4.49. The number of carbonyl (C=O) groups is 3. The van der Waals surface area contributed by atoms with Crippen LogP contribution in [-0.4, -0.2) is 95.7 Å². The highest BCUT2D eigenvalue weighted by molar-refractivity contribution is 6.42. The molecule has 0 spiro atoms. The van der Waals surface area contributed by atoms with Gasteiger partial charge in [0.15, 0.2) is 0 Å². The zero-order valence-corrected chi connectivity index (χ0v) is 20.7. The van der Waals surface area contributed by atoms with Gasteiger partial charge in [0, 0.05) is 64.8 Å². The Balaban J connectivity index is 1.40. The number of benzene rings is 1. The summed E-state index contributed by atoms with van der Waals surface area (Å²) in [6, 6.07) is 4.82. The molecule has 9 heteroatoms. The molecule has 3 fully saturated rings. The van der Waals surface area contributed by atoms with Crippen molar-refractivity contribution in [1.29, 1.82) is 0 Å². The molecule has 2 saturated heterocycles. The summed E-state index contributed by atoms with van der Waals surface area (Å²) in [4.78, 5) is 46.1. The van der Waals surface area contributed by atoms with Crippen molar-refractivity contribution >= 4 is 40.9 Å². The van der Waals surface area contributed by atoms with Crippen molar-refractivity contribution in [3.8, 4) is 0 Å². The predicted molar refractivity (Wildman–Crippen MR) is 129 cm³/mol. The zero-order valence-electron chi connectivity index (χ0n) is 19.1. The van der Waals surface area contributed by atoms with Crippen LogP contribution in [0.5, 0.6) is 0 Å². The lowest BCUT2D eigenvalue weighted by Gasteiger charge is -2.44. The van der Waals surface area contributed by atoms with Crippen LogP contribution in [0.25, 0.3) is 0 Å². The first-order valence-electron chi connectivity index (χ1n) is 11.9. The monoisotopic (exact) mass is 494 g/mol. The first-order chi connectivity index (χ1) is 15.8. The summed E-state index contributed by atoms with van der Waals surface area (Å²) in [7, 11) is 0. The van der Waals surface area contributed by atoms with Crippen molar-refractivity contribution in [2.24, 2.45) is 5.92 Å². The van der Waals surface area contributed by atoms with Crippen molar-refractivity contribution < 1.29 is 14.4 Å². The zero-order chi connectivity index (χ0) is 23.5. The lowest BCUT2D eigenvalue weighted by atomic mass is 9.94. The van der Waals surface area contributed by atoms with Gasteiger partial charge in [0.05, 0.1) is 16.1 Å². The Morgan fingerprint density at radius 3 is 1.97 bits per heavy atom. The van der Waals surface area contributed by atoms with Crippen molar-refractivity contribution in [2.75, 3.05) is 52.4 Å². The van der Waals surface area contributed by atoms with Crippen LogP contribution in [0, 0.1) is 5.92 Å². The molecule has 4 rings (SSSR count). The second-order valence-corrected chi connectivity index (χ2v) is 10.1. The van der Waals surface area contributed by atoms with Gasteiger partial charge in [-0.15, -0.1) is 0 Å². The van der Waals surface area contributed by atoms with Gasteiger partial charge in [0.1, 0.15) is 0 Å². The Hall–Kier alpha value is -1.83. The minimum Gasteiger partial charge on any atom is -0.339 e. The number of amides is 3. The van der Waals surface area contributed by atoms with E-state index in [0.717, 1.165) is 12.8 Å². The van der Waals surface area contributed by atoms with E-state index in [1.807, 2.05) is 14.7 Å². The van der Waals surface area contributed by atoms with Crippen LogP contribution in [-0.2, 0) is 9.59 Å². The normalized spacial score (nSPS) is 21.4. The van der Waals surface area contributed by atoms with Gasteiger partial charge in [0.2, 0.25) is 11.8 Å². The van der Waals surface area contributed by atoms with Gasteiger partial charge in [-0.2, -0.15) is 0 Å². The highest BCUT2D eigenvalue weighted by Crippen LogP contribution is 2.32. The fourth-order valence-corrected chi connectivity index (χ4v) is 5.67. The van der Waals surface area contributed by atoms with Gasteiger partial charge < -0.3 is 14.7 Å². The van der Waals surface area contributed by atoms with Crippen LogP contribution < -0.4 is 0 Å². The van der Waals surface area contributed by atoms with Gasteiger partial charge >= 0.3 is 0 Å². The summed E-state index contributed by atoms with van der Waals surface area (Å²) in [5, 5.41) is 0.804. The number of rotatable bonds is 4. The molecular weight excluding hydrogens is 463 g/mol. The van der Waals surface area contributed by atoms with Crippen LogP contribution in [0.15, 0.2) is 18.2 Å². The van der Waals surface area contributed by atoms with Crippen LogP contribution >= 0.6 is 23.2 Å². The van der Waals surface area contributed by atoms with Crippen molar-refractivity contribution in [2.45, 2.75) is 38.6 Å². The third kappa shape index (κ3) is 5.47. The lowest BCUT2D eigenvalue weighted by molar-refractivity contribution is -0.144. The molecule has 1 aromatic rings. The molecule has 1 aliphatic carbocycles. The molecule has 1 saturated carbocycles. The highest BCUT2D eigenvalue weighted by Gasteiger charge is 2.40. The quantitative estimate of drug-likeness (QED) is 0.645. The molecule has 0 aromatic heterocycles. The van der Waals surface area contributed by atoms with E-state index >= 15 is 0 Å². The summed E-state index contributed by atoms with van der Waals surface area (Å²) in [6.45, 7) is 6.48. The van der Waals surface area contributed by atoms with Crippen LogP contribution in [0.4, 0.5) is 0 Å². The fourth-order valence-electron chi connectivity index (χ4n) is 5.37. The lowest BCUT2D eigenvalue weighted by Crippen LogP contribution is -2.60. The number of halogens is 2. The Morgan fingerprint density at radius 1 is 0.818 bits per heavy atom. The summed E-state index contributed by atoms with van der Waals surface area (Å²) >= 11 is 12.1. The second-order valence-electron chi connectivity index (χ2n) is 9.28. The van der Waals surface area contributed by atoms with Gasteiger partial charge in [-0.3, -0.25) is 19.3 Å². The minimum absolute atomic E-state index is 0.0580. The van der Waals surface area contributed by atoms with Gasteiger partial charge in [-0.05, 0) is 37.0 Å². The van der Waals surface area contributed by atoms with Gasteiger partial charge in [0.25, 0.3) is 5.91 Å². The van der Waals surface area contributed by atoms with E-state index in [9.17, 15) is 14.4 Å². The van der Waals surface area contributed by atoms with Gasteiger partial charge in [-0.25, -0.2) is 0 Å². The van der Waals surface area contributed by atoms with E-state index in [1.54, 1.807) is 25.1 Å². The molecule has 33 heavy (non-hydrogen) atoms. The average molecular weight is 495 g/mol. The van der Waals surface area contributed by atoms with E-state index in [4.69, 9.17) is 23.2 Å². The molecule has 3 amide bonds. The molecule has 7 nitrogen and oxygen atoms in total. The van der Waals surface area contributed by atoms with E-state index in [2.05, 4.69) is 4.90 Å². The molecule has 2 aliphatic heterocycles. The average Bonchev–Trinajstić information content (AvgIpc) is 3.35. The maximum Gasteiger partial charge on any atom is 0.253 e. The van der Waals surface area contributed by atoms with Crippen LogP contribution in [0.1, 0.15) is 43.0 Å². The van der Waals surface area contributed by atoms with E-state index in [0.29, 0.717) is 73.9 Å².